The van der Waals surface area contributed by atoms with Gasteiger partial charge in [0.05, 0.1) is 24.1 Å². The number of methoxy groups -OCH3 is 1. The van der Waals surface area contributed by atoms with Gasteiger partial charge < -0.3 is 15.8 Å². The molecule has 5 nitrogen and oxygen atoms in total. The number of nitrogens with two attached hydrogens (primary N) is 1. The lowest BCUT2D eigenvalue weighted by Gasteiger charge is -2.11. The number of nitrogens with one attached hydrogen (secondary N) is 1. The van der Waals surface area contributed by atoms with E-state index in [4.69, 9.17) is 10.5 Å². The molecule has 0 aliphatic rings. The standard InChI is InChI=1S/C17H15N3O2S/c1-22-15-9-5-3-7-12(15)16(21)19-13-8-4-2-6-11(13)14-10-23-17(18)20-14/h2-10H,1H3,(H2,18,20)(H,19,21). The van der Waals surface area contributed by atoms with Crippen molar-refractivity contribution in [1.29, 1.82) is 0 Å². The Morgan fingerprint density at radius 1 is 1.17 bits per heavy atom. The van der Waals surface area contributed by atoms with Crippen LogP contribution in [0.3, 0.4) is 0 Å². The van der Waals surface area contributed by atoms with Gasteiger partial charge in [0.25, 0.3) is 5.91 Å². The van der Waals surface area contributed by atoms with Crippen LogP contribution >= 0.6 is 11.3 Å². The lowest BCUT2D eigenvalue weighted by molar-refractivity contribution is 0.102. The molecule has 0 bridgehead atoms. The molecule has 6 heteroatoms. The third kappa shape index (κ3) is 3.17. The van der Waals surface area contributed by atoms with Gasteiger partial charge in [-0.2, -0.15) is 0 Å². The topological polar surface area (TPSA) is 77.2 Å². The largest absolute Gasteiger partial charge is 0.496 e. The van der Waals surface area contributed by atoms with E-state index in [2.05, 4.69) is 10.3 Å². The van der Waals surface area contributed by atoms with Crippen LogP contribution in [-0.2, 0) is 0 Å². The number of hydrogen-bond donors (Lipinski definition) is 2. The third-order valence-corrected chi connectivity index (χ3v) is 4.00. The van der Waals surface area contributed by atoms with E-state index in [1.807, 2.05) is 35.7 Å². The van der Waals surface area contributed by atoms with Crippen molar-refractivity contribution in [3.63, 3.8) is 0 Å². The van der Waals surface area contributed by atoms with Crippen molar-refractivity contribution in [3.8, 4) is 17.0 Å². The minimum absolute atomic E-state index is 0.238. The lowest BCUT2D eigenvalue weighted by atomic mass is 10.1. The van der Waals surface area contributed by atoms with Crippen LogP contribution in [0.2, 0.25) is 0 Å². The number of rotatable bonds is 4. The fourth-order valence-electron chi connectivity index (χ4n) is 2.25. The molecule has 0 saturated carbocycles. The van der Waals surface area contributed by atoms with Crippen LogP contribution in [0.25, 0.3) is 11.3 Å². The predicted octanol–water partition coefficient (Wildman–Crippen LogP) is 3.65. The molecule has 23 heavy (non-hydrogen) atoms. The third-order valence-electron chi connectivity index (χ3n) is 3.32. The molecule has 1 aromatic heterocycles. The maximum absolute atomic E-state index is 12.5. The first-order valence-corrected chi connectivity index (χ1v) is 7.82. The van der Waals surface area contributed by atoms with E-state index in [9.17, 15) is 4.79 Å². The number of para-hydroxylation sites is 2. The number of benzene rings is 2. The van der Waals surface area contributed by atoms with Crippen LogP contribution in [-0.4, -0.2) is 18.0 Å². The average Bonchev–Trinajstić information content (AvgIpc) is 3.01. The first kappa shape index (κ1) is 15.1. The number of carbonyl (C=O) groups is 1. The molecule has 3 aromatic rings. The molecule has 0 aliphatic carbocycles. The van der Waals surface area contributed by atoms with Crippen molar-refractivity contribution in [2.24, 2.45) is 0 Å². The molecule has 0 atom stereocenters. The molecular formula is C17H15N3O2S. The molecule has 0 radical (unpaired) electrons. The zero-order chi connectivity index (χ0) is 16.2. The summed E-state index contributed by atoms with van der Waals surface area (Å²) in [6, 6.07) is 14.6. The minimum atomic E-state index is -0.238. The number of nitrogen functional groups attached to an aromatic ring is 1. The van der Waals surface area contributed by atoms with Gasteiger partial charge in [0.1, 0.15) is 5.75 Å². The Hall–Kier alpha value is -2.86. The van der Waals surface area contributed by atoms with Crippen LogP contribution in [0.1, 0.15) is 10.4 Å². The number of thiazole rings is 1. The summed E-state index contributed by atoms with van der Waals surface area (Å²) in [5.74, 6) is 0.290. The van der Waals surface area contributed by atoms with Gasteiger partial charge in [-0.05, 0) is 18.2 Å². The number of aromatic nitrogens is 1. The van der Waals surface area contributed by atoms with Crippen LogP contribution in [0.4, 0.5) is 10.8 Å². The fourth-order valence-corrected chi connectivity index (χ4v) is 2.81. The van der Waals surface area contributed by atoms with Crippen molar-refractivity contribution >= 4 is 28.1 Å². The summed E-state index contributed by atoms with van der Waals surface area (Å²) in [4.78, 5) is 16.8. The van der Waals surface area contributed by atoms with Crippen molar-refractivity contribution in [2.45, 2.75) is 0 Å². The normalized spacial score (nSPS) is 10.3. The number of carbonyl (C=O) groups excluding carboxylic acids is 1. The van der Waals surface area contributed by atoms with Gasteiger partial charge in [-0.25, -0.2) is 4.98 Å². The first-order chi connectivity index (χ1) is 11.2. The van der Waals surface area contributed by atoms with E-state index in [0.717, 1.165) is 11.3 Å². The van der Waals surface area contributed by atoms with Gasteiger partial charge in [0.15, 0.2) is 5.13 Å². The van der Waals surface area contributed by atoms with Crippen LogP contribution in [0.15, 0.2) is 53.9 Å². The summed E-state index contributed by atoms with van der Waals surface area (Å²) in [6.07, 6.45) is 0. The van der Waals surface area contributed by atoms with Crippen LogP contribution in [0.5, 0.6) is 5.75 Å². The van der Waals surface area contributed by atoms with Crippen molar-refractivity contribution < 1.29 is 9.53 Å². The average molecular weight is 325 g/mol. The predicted molar refractivity (Wildman–Crippen MR) is 92.9 cm³/mol. The maximum Gasteiger partial charge on any atom is 0.259 e. The Labute approximate surface area is 137 Å². The summed E-state index contributed by atoms with van der Waals surface area (Å²) < 4.78 is 5.23. The molecule has 0 unspecified atom stereocenters. The second kappa shape index (κ2) is 6.50. The van der Waals surface area contributed by atoms with Gasteiger partial charge >= 0.3 is 0 Å². The van der Waals surface area contributed by atoms with E-state index in [1.54, 1.807) is 18.2 Å². The molecule has 0 spiro atoms. The van der Waals surface area contributed by atoms with E-state index >= 15 is 0 Å². The number of nitrogens with zero attached hydrogens (tertiary/aromatic N) is 1. The number of hydrogen-bond acceptors (Lipinski definition) is 5. The molecule has 3 N–H and O–H groups in total. The highest BCUT2D eigenvalue weighted by atomic mass is 32.1. The number of anilines is 2. The summed E-state index contributed by atoms with van der Waals surface area (Å²) >= 11 is 1.36. The zero-order valence-corrected chi connectivity index (χ0v) is 13.3. The molecule has 1 amide bonds. The van der Waals surface area contributed by atoms with Crippen molar-refractivity contribution in [2.75, 3.05) is 18.2 Å². The molecular weight excluding hydrogens is 310 g/mol. The smallest absolute Gasteiger partial charge is 0.259 e. The Kier molecular flexibility index (Phi) is 4.25. The van der Waals surface area contributed by atoms with E-state index in [-0.39, 0.29) is 5.91 Å². The van der Waals surface area contributed by atoms with E-state index in [1.165, 1.54) is 18.4 Å². The first-order valence-electron chi connectivity index (χ1n) is 6.94. The van der Waals surface area contributed by atoms with E-state index in [0.29, 0.717) is 22.1 Å². The Morgan fingerprint density at radius 3 is 2.65 bits per heavy atom. The lowest BCUT2D eigenvalue weighted by Crippen LogP contribution is -2.13. The summed E-state index contributed by atoms with van der Waals surface area (Å²) in [7, 11) is 1.54. The van der Waals surface area contributed by atoms with Crippen molar-refractivity contribution in [1.82, 2.24) is 4.98 Å². The van der Waals surface area contributed by atoms with Gasteiger partial charge in [0.2, 0.25) is 0 Å². The van der Waals surface area contributed by atoms with Crippen LogP contribution in [0, 0.1) is 0 Å². The Balaban J connectivity index is 1.93. The van der Waals surface area contributed by atoms with Crippen molar-refractivity contribution in [3.05, 3.63) is 59.5 Å². The number of amides is 1. The van der Waals surface area contributed by atoms with E-state index < -0.39 is 0 Å². The van der Waals surface area contributed by atoms with Crippen LogP contribution < -0.4 is 15.8 Å². The second-order valence-electron chi connectivity index (χ2n) is 4.77. The Morgan fingerprint density at radius 2 is 1.91 bits per heavy atom. The molecule has 1 heterocycles. The molecule has 0 aliphatic heterocycles. The highest BCUT2D eigenvalue weighted by molar-refractivity contribution is 7.13. The minimum Gasteiger partial charge on any atom is -0.496 e. The highest BCUT2D eigenvalue weighted by Crippen LogP contribution is 2.30. The summed E-state index contributed by atoms with van der Waals surface area (Å²) in [5.41, 5.74) is 8.41. The second-order valence-corrected chi connectivity index (χ2v) is 5.66. The zero-order valence-electron chi connectivity index (χ0n) is 12.4. The van der Waals surface area contributed by atoms with Gasteiger partial charge in [-0.15, -0.1) is 11.3 Å². The highest BCUT2D eigenvalue weighted by Gasteiger charge is 2.14. The van der Waals surface area contributed by atoms with Gasteiger partial charge in [0, 0.05) is 10.9 Å². The molecule has 2 aromatic carbocycles. The quantitative estimate of drug-likeness (QED) is 0.767. The monoisotopic (exact) mass is 325 g/mol. The maximum atomic E-state index is 12.5. The molecule has 0 fully saturated rings. The SMILES string of the molecule is COc1ccccc1C(=O)Nc1ccccc1-c1csc(N)n1. The summed E-state index contributed by atoms with van der Waals surface area (Å²) in [6.45, 7) is 0. The number of ether oxygens (including phenoxy) is 1. The molecule has 0 saturated heterocycles. The van der Waals surface area contributed by atoms with Gasteiger partial charge in [-0.1, -0.05) is 30.3 Å². The summed E-state index contributed by atoms with van der Waals surface area (Å²) in [5, 5.41) is 5.27. The fraction of sp³-hybridized carbons (Fsp3) is 0.0588. The van der Waals surface area contributed by atoms with Gasteiger partial charge in [-0.3, -0.25) is 4.79 Å². The molecule has 116 valence electrons. The molecule has 3 rings (SSSR count). The Bertz CT molecular complexity index is 845.